The van der Waals surface area contributed by atoms with Crippen molar-refractivity contribution >= 4 is 34.2 Å². The second-order valence-electron chi connectivity index (χ2n) is 8.25. The number of piperazine rings is 1. The molecule has 8 nitrogen and oxygen atoms in total. The molecule has 3 heterocycles. The summed E-state index contributed by atoms with van der Waals surface area (Å²) in [7, 11) is 0. The molecule has 0 spiro atoms. The minimum Gasteiger partial charge on any atom is -0.338 e. The molecular formula is C26H23N7O. The SMILES string of the molecule is O=C(Nc1ccccc1)N1CCN(c2nc3ccccc3c3nnc(-c4ccccc4)n23)CC1. The van der Waals surface area contributed by atoms with Gasteiger partial charge in [-0.25, -0.2) is 14.2 Å². The van der Waals surface area contributed by atoms with Crippen molar-refractivity contribution in [1.82, 2.24) is 24.5 Å². The number of nitrogens with zero attached hydrogens (tertiary/aromatic N) is 6. The highest BCUT2D eigenvalue weighted by molar-refractivity contribution is 5.93. The van der Waals surface area contributed by atoms with E-state index in [1.165, 1.54) is 0 Å². The third-order valence-electron chi connectivity index (χ3n) is 6.14. The van der Waals surface area contributed by atoms with Gasteiger partial charge >= 0.3 is 6.03 Å². The van der Waals surface area contributed by atoms with Gasteiger partial charge in [0.25, 0.3) is 0 Å². The number of nitrogens with one attached hydrogen (secondary N) is 1. The molecule has 1 N–H and O–H groups in total. The topological polar surface area (TPSA) is 78.7 Å². The van der Waals surface area contributed by atoms with E-state index < -0.39 is 0 Å². The molecule has 34 heavy (non-hydrogen) atoms. The van der Waals surface area contributed by atoms with Gasteiger partial charge < -0.3 is 15.1 Å². The van der Waals surface area contributed by atoms with Gasteiger partial charge in [-0.05, 0) is 24.3 Å². The third-order valence-corrected chi connectivity index (χ3v) is 6.14. The number of aromatic nitrogens is 4. The molecule has 2 amide bonds. The lowest BCUT2D eigenvalue weighted by Crippen LogP contribution is -2.50. The molecule has 2 aromatic heterocycles. The molecule has 0 aliphatic carbocycles. The van der Waals surface area contributed by atoms with Gasteiger partial charge in [0.05, 0.1) is 5.52 Å². The van der Waals surface area contributed by atoms with Gasteiger partial charge in [0.15, 0.2) is 11.5 Å². The normalized spacial score (nSPS) is 14.0. The van der Waals surface area contributed by atoms with E-state index in [2.05, 4.69) is 20.4 Å². The van der Waals surface area contributed by atoms with Crippen molar-refractivity contribution in [2.45, 2.75) is 0 Å². The predicted molar refractivity (Wildman–Crippen MR) is 133 cm³/mol. The summed E-state index contributed by atoms with van der Waals surface area (Å²) in [6, 6.07) is 27.5. The highest BCUT2D eigenvalue weighted by Gasteiger charge is 2.26. The van der Waals surface area contributed by atoms with Crippen LogP contribution in [0.5, 0.6) is 0 Å². The molecule has 0 saturated carbocycles. The van der Waals surface area contributed by atoms with Crippen LogP contribution in [-0.2, 0) is 0 Å². The zero-order chi connectivity index (χ0) is 22.9. The second-order valence-corrected chi connectivity index (χ2v) is 8.25. The van der Waals surface area contributed by atoms with Gasteiger partial charge in [-0.2, -0.15) is 0 Å². The monoisotopic (exact) mass is 449 g/mol. The van der Waals surface area contributed by atoms with Crippen molar-refractivity contribution in [3.63, 3.8) is 0 Å². The average Bonchev–Trinajstić information content (AvgIpc) is 3.35. The lowest BCUT2D eigenvalue weighted by Gasteiger charge is -2.35. The Hall–Kier alpha value is -4.46. The fraction of sp³-hybridized carbons (Fsp3) is 0.154. The molecule has 5 aromatic rings. The Balaban J connectivity index is 1.33. The summed E-state index contributed by atoms with van der Waals surface area (Å²) >= 11 is 0. The fourth-order valence-corrected chi connectivity index (χ4v) is 4.39. The third kappa shape index (κ3) is 3.59. The maximum atomic E-state index is 12.8. The molecule has 1 aliphatic rings. The Labute approximate surface area is 196 Å². The Morgan fingerprint density at radius 3 is 2.21 bits per heavy atom. The highest BCUT2D eigenvalue weighted by atomic mass is 16.2. The number of hydrogen-bond donors (Lipinski definition) is 1. The summed E-state index contributed by atoms with van der Waals surface area (Å²) in [5, 5.41) is 13.0. The van der Waals surface area contributed by atoms with E-state index in [9.17, 15) is 4.79 Å². The van der Waals surface area contributed by atoms with E-state index >= 15 is 0 Å². The smallest absolute Gasteiger partial charge is 0.321 e. The van der Waals surface area contributed by atoms with Crippen molar-refractivity contribution in [3.8, 4) is 11.4 Å². The standard InChI is InChI=1S/C26H23N7O/c34-26(27-20-11-5-2-6-12-20)32-17-15-31(16-18-32)25-28-22-14-8-7-13-21(22)24-30-29-23(33(24)25)19-9-3-1-4-10-19/h1-14H,15-18H2,(H,27,34). The predicted octanol–water partition coefficient (Wildman–Crippen LogP) is 4.30. The zero-order valence-corrected chi connectivity index (χ0v) is 18.5. The summed E-state index contributed by atoms with van der Waals surface area (Å²) in [4.78, 5) is 21.8. The van der Waals surface area contributed by atoms with E-state index in [1.54, 1.807) is 0 Å². The van der Waals surface area contributed by atoms with Crippen LogP contribution in [0, 0.1) is 0 Å². The van der Waals surface area contributed by atoms with Crippen molar-refractivity contribution in [2.75, 3.05) is 36.4 Å². The van der Waals surface area contributed by atoms with Crippen LogP contribution >= 0.6 is 0 Å². The number of carbonyl (C=O) groups is 1. The van der Waals surface area contributed by atoms with Crippen LogP contribution in [0.3, 0.4) is 0 Å². The van der Waals surface area contributed by atoms with Crippen LogP contribution in [0.2, 0.25) is 0 Å². The van der Waals surface area contributed by atoms with Crippen LogP contribution in [0.4, 0.5) is 16.4 Å². The molecule has 1 fully saturated rings. The first-order valence-electron chi connectivity index (χ1n) is 11.3. The van der Waals surface area contributed by atoms with Crippen molar-refractivity contribution in [2.24, 2.45) is 0 Å². The fourth-order valence-electron chi connectivity index (χ4n) is 4.39. The minimum atomic E-state index is -0.0864. The van der Waals surface area contributed by atoms with Crippen LogP contribution < -0.4 is 10.2 Å². The summed E-state index contributed by atoms with van der Waals surface area (Å²) in [5.74, 6) is 1.55. The van der Waals surface area contributed by atoms with Crippen molar-refractivity contribution < 1.29 is 4.79 Å². The van der Waals surface area contributed by atoms with Crippen LogP contribution in [0.25, 0.3) is 27.9 Å². The summed E-state index contributed by atoms with van der Waals surface area (Å²) in [6.45, 7) is 2.51. The van der Waals surface area contributed by atoms with E-state index in [-0.39, 0.29) is 6.03 Å². The molecule has 6 rings (SSSR count). The Bertz CT molecular complexity index is 1460. The van der Waals surface area contributed by atoms with Gasteiger partial charge in [-0.1, -0.05) is 60.7 Å². The average molecular weight is 450 g/mol. The molecule has 1 aliphatic heterocycles. The van der Waals surface area contributed by atoms with Gasteiger partial charge in [-0.15, -0.1) is 10.2 Å². The molecule has 1 saturated heterocycles. The summed E-state index contributed by atoms with van der Waals surface area (Å²) < 4.78 is 2.04. The van der Waals surface area contributed by atoms with E-state index in [0.717, 1.165) is 39.6 Å². The first-order valence-corrected chi connectivity index (χ1v) is 11.3. The quantitative estimate of drug-likeness (QED) is 0.444. The lowest BCUT2D eigenvalue weighted by atomic mass is 10.2. The van der Waals surface area contributed by atoms with Crippen molar-refractivity contribution in [1.29, 1.82) is 0 Å². The summed E-state index contributed by atoms with van der Waals surface area (Å²) in [5.41, 5.74) is 3.43. The molecule has 0 unspecified atom stereocenters. The van der Waals surface area contributed by atoms with E-state index in [4.69, 9.17) is 4.98 Å². The number of fused-ring (bicyclic) bond motifs is 3. The molecule has 8 heteroatoms. The van der Waals surface area contributed by atoms with Gasteiger partial charge in [0.2, 0.25) is 5.95 Å². The molecule has 168 valence electrons. The molecular weight excluding hydrogens is 426 g/mol. The highest BCUT2D eigenvalue weighted by Crippen LogP contribution is 2.28. The van der Waals surface area contributed by atoms with Crippen molar-refractivity contribution in [3.05, 3.63) is 84.9 Å². The van der Waals surface area contributed by atoms with Gasteiger partial charge in [0.1, 0.15) is 0 Å². The van der Waals surface area contributed by atoms with Crippen LogP contribution in [0.15, 0.2) is 84.9 Å². The number of para-hydroxylation sites is 2. The van der Waals surface area contributed by atoms with Gasteiger partial charge in [0, 0.05) is 42.8 Å². The summed E-state index contributed by atoms with van der Waals surface area (Å²) in [6.07, 6.45) is 0. The molecule has 3 aromatic carbocycles. The zero-order valence-electron chi connectivity index (χ0n) is 18.5. The maximum absolute atomic E-state index is 12.8. The van der Waals surface area contributed by atoms with E-state index in [0.29, 0.717) is 26.2 Å². The Morgan fingerprint density at radius 2 is 1.44 bits per heavy atom. The molecule has 0 atom stereocenters. The van der Waals surface area contributed by atoms with Crippen LogP contribution in [0.1, 0.15) is 0 Å². The molecule has 0 radical (unpaired) electrons. The number of hydrogen-bond acceptors (Lipinski definition) is 5. The largest absolute Gasteiger partial charge is 0.338 e. The second kappa shape index (κ2) is 8.47. The number of urea groups is 1. The Morgan fingerprint density at radius 1 is 0.765 bits per heavy atom. The van der Waals surface area contributed by atoms with E-state index in [1.807, 2.05) is 94.2 Å². The molecule has 0 bridgehead atoms. The first kappa shape index (κ1) is 20.2. The Kier molecular flexibility index (Phi) is 5.03. The first-order chi connectivity index (χ1) is 16.8. The van der Waals surface area contributed by atoms with Gasteiger partial charge in [-0.3, -0.25) is 0 Å². The number of rotatable bonds is 3. The number of carbonyl (C=O) groups excluding carboxylic acids is 1. The maximum Gasteiger partial charge on any atom is 0.321 e. The number of anilines is 2. The van der Waals surface area contributed by atoms with Crippen LogP contribution in [-0.4, -0.2) is 56.7 Å². The lowest BCUT2D eigenvalue weighted by molar-refractivity contribution is 0.208. The number of amides is 2. The number of benzene rings is 3. The minimum absolute atomic E-state index is 0.0864.